The molecule has 1 aromatic carbocycles. The van der Waals surface area contributed by atoms with Crippen LogP contribution < -0.4 is 4.90 Å². The van der Waals surface area contributed by atoms with Crippen molar-refractivity contribution in [3.05, 3.63) is 29.8 Å². The van der Waals surface area contributed by atoms with Gasteiger partial charge in [-0.1, -0.05) is 38.0 Å². The minimum Gasteiger partial charge on any atom is -0.329 e. The van der Waals surface area contributed by atoms with E-state index >= 15 is 0 Å². The summed E-state index contributed by atoms with van der Waals surface area (Å²) in [6, 6.07) is 9.38. The van der Waals surface area contributed by atoms with Gasteiger partial charge in [0.05, 0.1) is 11.9 Å². The van der Waals surface area contributed by atoms with E-state index in [1.165, 1.54) is 43.4 Å². The van der Waals surface area contributed by atoms with Crippen molar-refractivity contribution in [3.63, 3.8) is 0 Å². The molecule has 2 nitrogen and oxygen atoms in total. The summed E-state index contributed by atoms with van der Waals surface area (Å²) in [6.07, 6.45) is 8.35. The van der Waals surface area contributed by atoms with E-state index < -0.39 is 0 Å². The van der Waals surface area contributed by atoms with Gasteiger partial charge in [0.25, 0.3) is 0 Å². The Morgan fingerprint density at radius 1 is 1.30 bits per heavy atom. The summed E-state index contributed by atoms with van der Waals surface area (Å²) in [4.78, 5) is 7.15. The largest absolute Gasteiger partial charge is 0.329 e. The molecule has 20 heavy (non-hydrogen) atoms. The highest BCUT2D eigenvalue weighted by Gasteiger charge is 2.24. The monoisotopic (exact) mass is 272 g/mol. The van der Waals surface area contributed by atoms with Gasteiger partial charge in [-0.05, 0) is 51.7 Å². The number of unbranched alkanes of at least 4 members (excludes halogenated alkanes) is 1. The number of nitrogens with zero attached hydrogens (tertiary/aromatic N) is 2. The maximum Gasteiger partial charge on any atom is 0.0903 e. The quantitative estimate of drug-likeness (QED) is 0.566. The molecule has 0 radical (unpaired) electrons. The average molecular weight is 272 g/mol. The van der Waals surface area contributed by atoms with Crippen LogP contribution in [0, 0.1) is 0 Å². The van der Waals surface area contributed by atoms with Crippen molar-refractivity contribution < 1.29 is 0 Å². The Hall–Kier alpha value is -1.31. The minimum absolute atomic E-state index is 0.0122. The second-order valence-corrected chi connectivity index (χ2v) is 6.79. The Kier molecular flexibility index (Phi) is 4.85. The van der Waals surface area contributed by atoms with Gasteiger partial charge >= 0.3 is 0 Å². The highest BCUT2D eigenvalue weighted by molar-refractivity contribution is 5.82. The number of benzene rings is 1. The van der Waals surface area contributed by atoms with E-state index in [0.29, 0.717) is 6.04 Å². The van der Waals surface area contributed by atoms with Gasteiger partial charge in [0, 0.05) is 11.7 Å². The number of para-hydroxylation sites is 1. The third-order valence-corrected chi connectivity index (χ3v) is 3.87. The third kappa shape index (κ3) is 3.84. The smallest absolute Gasteiger partial charge is 0.0903 e. The fourth-order valence-electron chi connectivity index (χ4n) is 2.75. The lowest BCUT2D eigenvalue weighted by Gasteiger charge is -2.36. The molecule has 110 valence electrons. The van der Waals surface area contributed by atoms with Crippen LogP contribution in [0.5, 0.6) is 0 Å². The number of rotatable bonds is 4. The first-order chi connectivity index (χ1) is 9.51. The van der Waals surface area contributed by atoms with Crippen LogP contribution in [0.15, 0.2) is 29.3 Å². The van der Waals surface area contributed by atoms with Gasteiger partial charge in [-0.25, -0.2) is 0 Å². The first-order valence-electron chi connectivity index (χ1n) is 7.93. The molecule has 1 aliphatic heterocycles. The van der Waals surface area contributed by atoms with Gasteiger partial charge in [-0.3, -0.25) is 4.99 Å². The molecule has 1 heterocycles. The maximum atomic E-state index is 4.74. The van der Waals surface area contributed by atoms with E-state index in [1.54, 1.807) is 0 Å². The lowest BCUT2D eigenvalue weighted by Crippen LogP contribution is -2.39. The van der Waals surface area contributed by atoms with Crippen molar-refractivity contribution in [3.8, 4) is 0 Å². The lowest BCUT2D eigenvalue weighted by molar-refractivity contribution is 0.519. The van der Waals surface area contributed by atoms with E-state index in [4.69, 9.17) is 4.99 Å². The van der Waals surface area contributed by atoms with Crippen molar-refractivity contribution in [1.29, 1.82) is 0 Å². The molecule has 1 unspecified atom stereocenters. The van der Waals surface area contributed by atoms with E-state index in [-0.39, 0.29) is 5.54 Å². The Labute approximate surface area is 123 Å². The zero-order chi connectivity index (χ0) is 14.6. The molecule has 0 spiro atoms. The molecule has 1 atom stereocenters. The molecular formula is C18H28N2. The number of hydrogen-bond donors (Lipinski definition) is 0. The molecule has 0 bridgehead atoms. The fourth-order valence-corrected chi connectivity index (χ4v) is 2.75. The highest BCUT2D eigenvalue weighted by Crippen LogP contribution is 2.31. The van der Waals surface area contributed by atoms with Crippen molar-refractivity contribution in [2.45, 2.75) is 71.4 Å². The molecule has 0 fully saturated rings. The first kappa shape index (κ1) is 15.1. The van der Waals surface area contributed by atoms with Crippen molar-refractivity contribution in [2.24, 2.45) is 4.99 Å². The number of fused-ring (bicyclic) bond motifs is 1. The predicted octanol–water partition coefficient (Wildman–Crippen LogP) is 4.82. The Balaban J connectivity index is 2.26. The van der Waals surface area contributed by atoms with Crippen LogP contribution in [0.2, 0.25) is 0 Å². The van der Waals surface area contributed by atoms with Gasteiger partial charge < -0.3 is 4.90 Å². The van der Waals surface area contributed by atoms with Crippen molar-refractivity contribution >= 4 is 12.0 Å². The molecule has 1 aliphatic rings. The Bertz CT molecular complexity index is 457. The standard InChI is InChI=1S/C18H28N2/c1-5-6-10-16-13-12-15-9-7-8-11-17(15)20(16)14-19-18(2,3)4/h7-9,11,14,16H,5-6,10,12-13H2,1-4H3. The molecule has 0 aliphatic carbocycles. The van der Waals surface area contributed by atoms with Crippen LogP contribution in [0.4, 0.5) is 5.69 Å². The van der Waals surface area contributed by atoms with E-state index in [1.807, 2.05) is 0 Å². The number of anilines is 1. The van der Waals surface area contributed by atoms with Crippen LogP contribution in [0.1, 0.15) is 58.9 Å². The fraction of sp³-hybridized carbons (Fsp3) is 0.611. The molecule has 0 amide bonds. The highest BCUT2D eigenvalue weighted by atomic mass is 15.2. The zero-order valence-corrected chi connectivity index (χ0v) is 13.4. The lowest BCUT2D eigenvalue weighted by atomic mass is 9.93. The molecule has 0 aromatic heterocycles. The third-order valence-electron chi connectivity index (χ3n) is 3.87. The van der Waals surface area contributed by atoms with Crippen LogP contribution in [-0.2, 0) is 6.42 Å². The second kappa shape index (κ2) is 6.43. The van der Waals surface area contributed by atoms with E-state index in [0.717, 1.165) is 0 Å². The molecule has 0 N–H and O–H groups in total. The summed E-state index contributed by atoms with van der Waals surface area (Å²) in [6.45, 7) is 8.73. The summed E-state index contributed by atoms with van der Waals surface area (Å²) < 4.78 is 0. The van der Waals surface area contributed by atoms with Gasteiger partial charge in [0.2, 0.25) is 0 Å². The number of aliphatic imine (C=N–C) groups is 1. The summed E-state index contributed by atoms with van der Waals surface area (Å²) in [7, 11) is 0. The van der Waals surface area contributed by atoms with Gasteiger partial charge in [-0.15, -0.1) is 0 Å². The van der Waals surface area contributed by atoms with Crippen LogP contribution in [0.3, 0.4) is 0 Å². The van der Waals surface area contributed by atoms with Crippen molar-refractivity contribution in [1.82, 2.24) is 0 Å². The Morgan fingerprint density at radius 2 is 2.05 bits per heavy atom. The molecule has 2 heteroatoms. The van der Waals surface area contributed by atoms with Gasteiger partial charge in [0.15, 0.2) is 0 Å². The first-order valence-corrected chi connectivity index (χ1v) is 7.93. The average Bonchev–Trinajstić information content (AvgIpc) is 2.42. The molecule has 0 saturated carbocycles. The normalized spacial score (nSPS) is 19.4. The van der Waals surface area contributed by atoms with Gasteiger partial charge in [0.1, 0.15) is 0 Å². The predicted molar refractivity (Wildman–Crippen MR) is 88.8 cm³/mol. The SMILES string of the molecule is CCCCC1CCc2ccccc2N1C=NC(C)(C)C. The van der Waals surface area contributed by atoms with E-state index in [9.17, 15) is 0 Å². The topological polar surface area (TPSA) is 15.6 Å². The van der Waals surface area contributed by atoms with Crippen LogP contribution in [-0.4, -0.2) is 17.9 Å². The van der Waals surface area contributed by atoms with Crippen molar-refractivity contribution in [2.75, 3.05) is 4.90 Å². The minimum atomic E-state index is -0.0122. The molecule has 0 saturated heterocycles. The maximum absolute atomic E-state index is 4.74. The van der Waals surface area contributed by atoms with E-state index in [2.05, 4.69) is 63.2 Å². The molecule has 1 aromatic rings. The van der Waals surface area contributed by atoms with Gasteiger partial charge in [-0.2, -0.15) is 0 Å². The second-order valence-electron chi connectivity index (χ2n) is 6.79. The zero-order valence-electron chi connectivity index (χ0n) is 13.4. The van der Waals surface area contributed by atoms with Crippen LogP contribution >= 0.6 is 0 Å². The molecular weight excluding hydrogens is 244 g/mol. The summed E-state index contributed by atoms with van der Waals surface area (Å²) in [5, 5.41) is 0. The number of aryl methyl sites for hydroxylation is 1. The molecule has 2 rings (SSSR count). The summed E-state index contributed by atoms with van der Waals surface area (Å²) >= 11 is 0. The number of hydrogen-bond acceptors (Lipinski definition) is 1. The summed E-state index contributed by atoms with van der Waals surface area (Å²) in [5.41, 5.74) is 2.80. The summed E-state index contributed by atoms with van der Waals surface area (Å²) in [5.74, 6) is 0. The Morgan fingerprint density at radius 3 is 2.75 bits per heavy atom. The van der Waals surface area contributed by atoms with Crippen LogP contribution in [0.25, 0.3) is 0 Å².